The molecule has 0 fully saturated rings. The third-order valence-corrected chi connectivity index (χ3v) is 4.09. The van der Waals surface area contributed by atoms with Gasteiger partial charge in [0.1, 0.15) is 0 Å². The minimum atomic E-state index is -0.281. The fraction of sp³-hybridized carbons (Fsp3) is 0.0667. The van der Waals surface area contributed by atoms with Crippen molar-refractivity contribution in [2.75, 3.05) is 11.1 Å². The Morgan fingerprint density at radius 2 is 1.95 bits per heavy atom. The second kappa shape index (κ2) is 5.06. The van der Waals surface area contributed by atoms with Gasteiger partial charge < -0.3 is 11.1 Å². The average molecular weight is 321 g/mol. The molecule has 4 nitrogen and oxygen atoms in total. The molecular formula is C15H10Cl2N2O2. The van der Waals surface area contributed by atoms with Crippen LogP contribution in [-0.2, 0) is 11.2 Å². The highest BCUT2D eigenvalue weighted by atomic mass is 35.5. The second-order valence-corrected chi connectivity index (χ2v) is 5.58. The van der Waals surface area contributed by atoms with E-state index in [-0.39, 0.29) is 33.7 Å². The van der Waals surface area contributed by atoms with Crippen molar-refractivity contribution < 1.29 is 9.59 Å². The molecule has 1 heterocycles. The molecule has 0 radical (unpaired) electrons. The fourth-order valence-electron chi connectivity index (χ4n) is 2.30. The monoisotopic (exact) mass is 320 g/mol. The van der Waals surface area contributed by atoms with Crippen molar-refractivity contribution in [2.24, 2.45) is 0 Å². The van der Waals surface area contributed by atoms with Gasteiger partial charge in [0.25, 0.3) is 0 Å². The first kappa shape index (κ1) is 13.9. The van der Waals surface area contributed by atoms with Gasteiger partial charge >= 0.3 is 0 Å². The van der Waals surface area contributed by atoms with Crippen LogP contribution in [0.4, 0.5) is 11.4 Å². The summed E-state index contributed by atoms with van der Waals surface area (Å²) >= 11 is 12.0. The van der Waals surface area contributed by atoms with Gasteiger partial charge in [0, 0.05) is 22.5 Å². The minimum absolute atomic E-state index is 0.0837. The second-order valence-electron chi connectivity index (χ2n) is 4.79. The van der Waals surface area contributed by atoms with E-state index in [1.165, 1.54) is 12.1 Å². The highest BCUT2D eigenvalue weighted by Crippen LogP contribution is 2.31. The Balaban J connectivity index is 2.04. The molecule has 106 valence electrons. The summed E-state index contributed by atoms with van der Waals surface area (Å²) in [6.45, 7) is 0. The van der Waals surface area contributed by atoms with Gasteiger partial charge in [-0.05, 0) is 35.9 Å². The zero-order chi connectivity index (χ0) is 15.1. The number of nitrogen functional groups attached to an aromatic ring is 1. The number of ketones is 1. The Bertz CT molecular complexity index is 787. The highest BCUT2D eigenvalue weighted by molar-refractivity contribution is 6.44. The third kappa shape index (κ3) is 2.48. The number of halogens is 2. The summed E-state index contributed by atoms with van der Waals surface area (Å²) in [6, 6.07) is 8.01. The number of carbonyl (C=O) groups is 2. The van der Waals surface area contributed by atoms with Crippen LogP contribution in [0.15, 0.2) is 30.3 Å². The maximum atomic E-state index is 12.5. The fourth-order valence-corrected chi connectivity index (χ4v) is 2.72. The number of hydrogen-bond acceptors (Lipinski definition) is 3. The summed E-state index contributed by atoms with van der Waals surface area (Å²) in [6.07, 6.45) is 0.266. The van der Waals surface area contributed by atoms with Gasteiger partial charge in [-0.2, -0.15) is 0 Å². The average Bonchev–Trinajstić information content (AvgIpc) is 2.81. The lowest BCUT2D eigenvalue weighted by atomic mass is 10.00. The molecule has 1 amide bonds. The molecule has 2 aromatic rings. The zero-order valence-electron chi connectivity index (χ0n) is 10.7. The number of benzene rings is 2. The number of fused-ring (bicyclic) bond motifs is 1. The van der Waals surface area contributed by atoms with Gasteiger partial charge in [0.15, 0.2) is 5.78 Å². The van der Waals surface area contributed by atoms with E-state index in [1.807, 2.05) is 0 Å². The standard InChI is InChI=1S/C15H10Cl2N2O2/c16-11-6-9(18)5-10(14(11)17)15(21)7-1-2-12-8(3-7)4-13(20)19-12/h1-3,5-6H,4,18H2,(H,19,20). The molecule has 3 N–H and O–H groups in total. The Labute approximate surface area is 130 Å². The van der Waals surface area contributed by atoms with Gasteiger partial charge in [-0.25, -0.2) is 0 Å². The van der Waals surface area contributed by atoms with Crippen LogP contribution in [0.5, 0.6) is 0 Å². The van der Waals surface area contributed by atoms with Crippen LogP contribution in [-0.4, -0.2) is 11.7 Å². The van der Waals surface area contributed by atoms with Gasteiger partial charge in [-0.15, -0.1) is 0 Å². The quantitative estimate of drug-likeness (QED) is 0.658. The molecule has 6 heteroatoms. The first-order valence-electron chi connectivity index (χ1n) is 6.17. The van der Waals surface area contributed by atoms with Gasteiger partial charge in [0.05, 0.1) is 16.5 Å². The summed E-state index contributed by atoms with van der Waals surface area (Å²) in [5, 5.41) is 3.12. The number of amides is 1. The van der Waals surface area contributed by atoms with Gasteiger partial charge in [0.2, 0.25) is 5.91 Å². The van der Waals surface area contributed by atoms with Crippen molar-refractivity contribution in [3.8, 4) is 0 Å². The molecule has 2 aromatic carbocycles. The van der Waals surface area contributed by atoms with Crippen LogP contribution in [0.1, 0.15) is 21.5 Å². The Morgan fingerprint density at radius 1 is 1.19 bits per heavy atom. The van der Waals surface area contributed by atoms with E-state index in [9.17, 15) is 9.59 Å². The van der Waals surface area contributed by atoms with E-state index < -0.39 is 0 Å². The third-order valence-electron chi connectivity index (χ3n) is 3.29. The minimum Gasteiger partial charge on any atom is -0.399 e. The molecule has 0 spiro atoms. The molecule has 0 saturated heterocycles. The van der Waals surface area contributed by atoms with Crippen LogP contribution in [0.3, 0.4) is 0 Å². The molecule has 1 aliphatic heterocycles. The summed E-state index contributed by atoms with van der Waals surface area (Å²) in [5.41, 5.74) is 8.28. The smallest absolute Gasteiger partial charge is 0.228 e. The molecular weight excluding hydrogens is 311 g/mol. The highest BCUT2D eigenvalue weighted by Gasteiger charge is 2.21. The van der Waals surface area contributed by atoms with E-state index in [2.05, 4.69) is 5.32 Å². The molecule has 0 unspecified atom stereocenters. The van der Waals surface area contributed by atoms with Crippen molar-refractivity contribution in [3.63, 3.8) is 0 Å². The predicted octanol–water partition coefficient (Wildman–Crippen LogP) is 3.30. The Morgan fingerprint density at radius 3 is 2.71 bits per heavy atom. The van der Waals surface area contributed by atoms with Crippen molar-refractivity contribution in [1.82, 2.24) is 0 Å². The molecule has 0 saturated carbocycles. The molecule has 0 aliphatic carbocycles. The van der Waals surface area contributed by atoms with Crippen molar-refractivity contribution in [2.45, 2.75) is 6.42 Å². The van der Waals surface area contributed by atoms with Gasteiger partial charge in [-0.1, -0.05) is 23.2 Å². The lowest BCUT2D eigenvalue weighted by Gasteiger charge is -2.08. The lowest BCUT2D eigenvalue weighted by molar-refractivity contribution is -0.115. The van der Waals surface area contributed by atoms with E-state index in [0.717, 1.165) is 11.3 Å². The van der Waals surface area contributed by atoms with E-state index in [0.29, 0.717) is 11.3 Å². The maximum Gasteiger partial charge on any atom is 0.228 e. The van der Waals surface area contributed by atoms with Crippen LogP contribution >= 0.6 is 23.2 Å². The first-order chi connectivity index (χ1) is 9.95. The van der Waals surface area contributed by atoms with Crippen molar-refractivity contribution in [3.05, 3.63) is 57.1 Å². The van der Waals surface area contributed by atoms with Crippen LogP contribution in [0, 0.1) is 0 Å². The van der Waals surface area contributed by atoms with Crippen molar-refractivity contribution >= 4 is 46.3 Å². The Kier molecular flexibility index (Phi) is 3.35. The normalized spacial score (nSPS) is 13.0. The number of anilines is 2. The molecule has 0 atom stereocenters. The molecule has 0 bridgehead atoms. The summed E-state index contributed by atoms with van der Waals surface area (Å²) in [5.74, 6) is -0.365. The molecule has 0 aromatic heterocycles. The largest absolute Gasteiger partial charge is 0.399 e. The zero-order valence-corrected chi connectivity index (χ0v) is 12.3. The van der Waals surface area contributed by atoms with E-state index in [1.54, 1.807) is 18.2 Å². The number of carbonyl (C=O) groups excluding carboxylic acids is 2. The van der Waals surface area contributed by atoms with E-state index in [4.69, 9.17) is 28.9 Å². The van der Waals surface area contributed by atoms with Crippen LogP contribution in [0.2, 0.25) is 10.0 Å². The summed E-state index contributed by atoms with van der Waals surface area (Å²) in [7, 11) is 0. The Hall–Kier alpha value is -2.04. The lowest BCUT2D eigenvalue weighted by Crippen LogP contribution is -2.04. The number of nitrogens with one attached hydrogen (secondary N) is 1. The summed E-state index contributed by atoms with van der Waals surface area (Å²) < 4.78 is 0. The summed E-state index contributed by atoms with van der Waals surface area (Å²) in [4.78, 5) is 23.9. The topological polar surface area (TPSA) is 72.2 Å². The van der Waals surface area contributed by atoms with Gasteiger partial charge in [-0.3, -0.25) is 9.59 Å². The molecule has 3 rings (SSSR count). The van der Waals surface area contributed by atoms with Crippen molar-refractivity contribution in [1.29, 1.82) is 0 Å². The molecule has 1 aliphatic rings. The maximum absolute atomic E-state index is 12.5. The SMILES string of the molecule is Nc1cc(Cl)c(Cl)c(C(=O)c2ccc3c(c2)CC(=O)N3)c1. The van der Waals surface area contributed by atoms with Crippen LogP contribution < -0.4 is 11.1 Å². The number of nitrogens with two attached hydrogens (primary N) is 1. The predicted molar refractivity (Wildman–Crippen MR) is 83.1 cm³/mol. The number of rotatable bonds is 2. The number of hydrogen-bond donors (Lipinski definition) is 2. The van der Waals surface area contributed by atoms with Crippen LogP contribution in [0.25, 0.3) is 0 Å². The van der Waals surface area contributed by atoms with E-state index >= 15 is 0 Å². The first-order valence-corrected chi connectivity index (χ1v) is 6.93. The molecule has 21 heavy (non-hydrogen) atoms.